The molecule has 0 saturated heterocycles. The molecule has 528 valence electrons. The van der Waals surface area contributed by atoms with Crippen LogP contribution in [0.4, 0.5) is 0 Å². The van der Waals surface area contributed by atoms with Gasteiger partial charge in [0.05, 0.1) is 44.6 Å². The van der Waals surface area contributed by atoms with Crippen molar-refractivity contribution in [2.24, 2.45) is 34.0 Å². The first-order valence-corrected chi connectivity index (χ1v) is 30.1. The van der Waals surface area contributed by atoms with Crippen molar-refractivity contribution in [3.63, 3.8) is 0 Å². The van der Waals surface area contributed by atoms with Gasteiger partial charge in [0.1, 0.15) is 60.4 Å². The van der Waals surface area contributed by atoms with Crippen LogP contribution in [0.3, 0.4) is 0 Å². The second-order valence-corrected chi connectivity index (χ2v) is 22.7. The number of guanidine groups is 1. The molecule has 1 rings (SSSR count). The van der Waals surface area contributed by atoms with Gasteiger partial charge in [-0.05, 0) is 63.9 Å². The number of nitrogens with one attached hydrogen (secondary N) is 13. The van der Waals surface area contributed by atoms with Crippen molar-refractivity contribution in [3.05, 3.63) is 35.9 Å². The number of carbonyl (C=O) groups excluding carboxylic acids is 13. The summed E-state index contributed by atoms with van der Waals surface area (Å²) in [5, 5.41) is 92.1. The van der Waals surface area contributed by atoms with Crippen LogP contribution in [-0.4, -0.2) is 244 Å². The highest BCUT2D eigenvalue weighted by Gasteiger charge is 2.37. The highest BCUT2D eigenvalue weighted by Crippen LogP contribution is 2.11. The topological polar surface area (TPSA) is 607 Å². The Kier molecular flexibility index (Phi) is 37.8. The maximum absolute atomic E-state index is 14.1. The van der Waals surface area contributed by atoms with Crippen LogP contribution >= 0.6 is 0 Å². The summed E-state index contributed by atoms with van der Waals surface area (Å²) >= 11 is 0. The molecule has 13 amide bonds. The van der Waals surface area contributed by atoms with Gasteiger partial charge in [-0.3, -0.25) is 72.1 Å². The Morgan fingerprint density at radius 1 is 0.479 bits per heavy atom. The van der Waals surface area contributed by atoms with E-state index in [0.29, 0.717) is 5.56 Å². The molecule has 1 aromatic carbocycles. The number of aliphatic hydroxyl groups is 5. The highest BCUT2D eigenvalue weighted by atomic mass is 16.4. The lowest BCUT2D eigenvalue weighted by molar-refractivity contribution is -0.139. The molecule has 1 aromatic rings. The number of aliphatic hydroxyl groups excluding tert-OH is 5. The van der Waals surface area contributed by atoms with Crippen molar-refractivity contribution in [3.8, 4) is 0 Å². The number of benzene rings is 1. The largest absolute Gasteiger partial charge is 0.481 e. The number of nitrogens with two attached hydrogens (primary N) is 3. The van der Waals surface area contributed by atoms with Crippen LogP contribution in [0, 0.1) is 11.8 Å². The molecule has 13 atom stereocenters. The summed E-state index contributed by atoms with van der Waals surface area (Å²) in [7, 11) is 0. The van der Waals surface area contributed by atoms with E-state index >= 15 is 0 Å². The molecule has 0 fully saturated rings. The van der Waals surface area contributed by atoms with Crippen LogP contribution in [0.2, 0.25) is 0 Å². The first-order valence-electron chi connectivity index (χ1n) is 30.1. The molecular weight excluding hydrogens is 1240 g/mol. The van der Waals surface area contributed by atoms with E-state index in [4.69, 9.17) is 17.2 Å². The first-order chi connectivity index (χ1) is 44.1. The monoisotopic (exact) mass is 1340 g/mol. The summed E-state index contributed by atoms with van der Waals surface area (Å²) in [5.74, 6) is -15.2. The number of amides is 13. The zero-order valence-electron chi connectivity index (χ0n) is 53.8. The van der Waals surface area contributed by atoms with Gasteiger partial charge in [0.2, 0.25) is 76.8 Å². The van der Waals surface area contributed by atoms with Crippen molar-refractivity contribution in [1.82, 2.24) is 69.1 Å². The van der Waals surface area contributed by atoms with Crippen molar-refractivity contribution < 1.29 is 97.8 Å². The van der Waals surface area contributed by atoms with E-state index in [-0.39, 0.29) is 63.1 Å². The second-order valence-electron chi connectivity index (χ2n) is 22.7. The van der Waals surface area contributed by atoms with Gasteiger partial charge in [-0.2, -0.15) is 0 Å². The summed E-state index contributed by atoms with van der Waals surface area (Å²) in [6.45, 7) is 7.51. The zero-order valence-corrected chi connectivity index (χ0v) is 53.8. The number of carboxylic acids is 1. The van der Waals surface area contributed by atoms with Crippen LogP contribution in [0.15, 0.2) is 35.3 Å². The Morgan fingerprint density at radius 2 is 0.915 bits per heavy atom. The Bertz CT molecular complexity index is 2750. The maximum Gasteiger partial charge on any atom is 0.303 e. The number of hydrogen-bond acceptors (Lipinski definition) is 21. The average Bonchev–Trinajstić information content (AvgIpc) is 0.911. The molecule has 0 aromatic heterocycles. The minimum Gasteiger partial charge on any atom is -0.481 e. The van der Waals surface area contributed by atoms with Crippen molar-refractivity contribution in [1.29, 1.82) is 0 Å². The summed E-state index contributed by atoms with van der Waals surface area (Å²) in [6, 6.07) is -9.34. The molecule has 0 bridgehead atoms. The van der Waals surface area contributed by atoms with Crippen LogP contribution in [0.1, 0.15) is 93.1 Å². The van der Waals surface area contributed by atoms with Gasteiger partial charge < -0.3 is 117 Å². The fourth-order valence-electron chi connectivity index (χ4n) is 8.68. The Balaban J connectivity index is 3.24. The molecule has 37 heteroatoms. The summed E-state index contributed by atoms with van der Waals surface area (Å²) in [5.41, 5.74) is 16.3. The van der Waals surface area contributed by atoms with E-state index in [9.17, 15) is 97.8 Å². The van der Waals surface area contributed by atoms with Crippen LogP contribution in [-0.2, 0) is 73.5 Å². The number of rotatable bonds is 44. The van der Waals surface area contributed by atoms with Gasteiger partial charge >= 0.3 is 5.97 Å². The molecule has 0 heterocycles. The number of aliphatic imine (C=N–C) groups is 1. The lowest BCUT2D eigenvalue weighted by Gasteiger charge is -2.28. The SMILES string of the molecule is CC(=O)N[C@@H](CCCN=C(N)N)C(=O)N[C@@H](CO)C(=O)N[C@@H](Cc1ccccc1)C(=O)N[C@H](C(=O)N[C@@H](CC(C)C)C(=O)N[C@@H](C)C(=O)N[C@@H](CO)C(=O)N[C@@H](CO)C(=O)N[C@@H](CCC(=O)O)C(=O)N[C@H](C(=O)NCCN[C@H](C(=O)NCC(N)=O)C(C)C)[C@@H](C)O)[C@@H](C)O. The molecule has 94 heavy (non-hydrogen) atoms. The summed E-state index contributed by atoms with van der Waals surface area (Å²) in [4.78, 5) is 187. The number of aliphatic carboxylic acids is 1. The molecule has 25 N–H and O–H groups in total. The van der Waals surface area contributed by atoms with Gasteiger partial charge in [-0.1, -0.05) is 58.0 Å². The van der Waals surface area contributed by atoms with Crippen LogP contribution in [0.25, 0.3) is 0 Å². The van der Waals surface area contributed by atoms with Gasteiger partial charge in [0.25, 0.3) is 0 Å². The van der Waals surface area contributed by atoms with E-state index < -0.39 is 201 Å². The standard InChI is InChI=1S/C57H95N17O20/c1-27(2)21-36(69-56(94)45(31(7)79)74-50(88)37(22-33-13-10-9-11-14-33)68-52(90)40(26-77)71-47(85)34(66-32(8)80)15-12-18-63-57(59)60)49(87)65-29(5)46(84)70-38(24-75)53(91)72-39(25-76)51(89)67-35(16-17-42(82)83)48(86)73-44(30(6)78)55(93)62-20-19-61-43(28(3)4)54(92)64-23-41(58)81/h9-11,13-14,27-31,34-40,43-45,61,75-79H,12,15-26H2,1-8H3,(H2,58,81)(H,62,93)(H,64,92)(H,65,87)(H,66,80)(H,67,89)(H,68,90)(H,69,94)(H,70,84)(H,71,85)(H,72,91)(H,73,86)(H,74,88)(H,82,83)(H4,59,60,63)/t29-,30+,31+,34-,35-,36-,37-,38-,39-,40-,43-,44-,45-/m0/s1. The molecule has 0 aliphatic rings. The van der Waals surface area contributed by atoms with Crippen LogP contribution < -0.4 is 86.3 Å². The Hall–Kier alpha value is -9.17. The number of hydrogen-bond donors (Lipinski definition) is 22. The van der Waals surface area contributed by atoms with E-state index in [2.05, 4.69) is 74.1 Å². The molecule has 0 saturated carbocycles. The summed E-state index contributed by atoms with van der Waals surface area (Å²) in [6.07, 6.45) is -4.76. The Labute approximate surface area is 542 Å². The number of primary amides is 1. The number of carboxylic acid groups (broad SMARTS) is 1. The Morgan fingerprint density at radius 3 is 1.38 bits per heavy atom. The van der Waals surface area contributed by atoms with E-state index in [0.717, 1.165) is 27.7 Å². The van der Waals surface area contributed by atoms with E-state index in [1.807, 2.05) is 0 Å². The molecule has 0 aliphatic carbocycles. The third-order valence-corrected chi connectivity index (χ3v) is 13.7. The fraction of sp³-hybridized carbons (Fsp3) is 0.632. The average molecular weight is 1340 g/mol. The smallest absolute Gasteiger partial charge is 0.303 e. The lowest BCUT2D eigenvalue weighted by Crippen LogP contribution is -2.62. The normalized spacial score (nSPS) is 15.2. The molecule has 0 unspecified atom stereocenters. The summed E-state index contributed by atoms with van der Waals surface area (Å²) < 4.78 is 0. The molecule has 37 nitrogen and oxygen atoms in total. The molecule has 0 aliphatic heterocycles. The lowest BCUT2D eigenvalue weighted by atomic mass is 10.0. The molecule has 0 radical (unpaired) electrons. The minimum atomic E-state index is -1.95. The molecular formula is C57H95N17O20. The van der Waals surface area contributed by atoms with Crippen molar-refractivity contribution >= 4 is 88.7 Å². The van der Waals surface area contributed by atoms with Crippen molar-refractivity contribution in [2.75, 3.05) is 46.0 Å². The third kappa shape index (κ3) is 31.4. The predicted molar refractivity (Wildman–Crippen MR) is 333 cm³/mol. The quantitative estimate of drug-likeness (QED) is 0.0164. The van der Waals surface area contributed by atoms with Gasteiger partial charge in [0, 0.05) is 39.4 Å². The zero-order chi connectivity index (χ0) is 71.5. The van der Waals surface area contributed by atoms with Gasteiger partial charge in [-0.15, -0.1) is 0 Å². The van der Waals surface area contributed by atoms with E-state index in [1.54, 1.807) is 58.0 Å². The van der Waals surface area contributed by atoms with Crippen molar-refractivity contribution in [2.45, 2.75) is 173 Å². The van der Waals surface area contributed by atoms with Gasteiger partial charge in [0.15, 0.2) is 5.96 Å². The minimum absolute atomic E-state index is 0.0121. The maximum atomic E-state index is 14.1. The van der Waals surface area contributed by atoms with E-state index in [1.165, 1.54) is 0 Å². The molecule has 0 spiro atoms. The second kappa shape index (κ2) is 42.9. The van der Waals surface area contributed by atoms with Gasteiger partial charge in [-0.25, -0.2) is 0 Å². The highest BCUT2D eigenvalue weighted by molar-refractivity contribution is 5.99. The predicted octanol–water partition coefficient (Wildman–Crippen LogP) is -9.85. The third-order valence-electron chi connectivity index (χ3n) is 13.7. The number of carbonyl (C=O) groups is 14. The van der Waals surface area contributed by atoms with Crippen LogP contribution in [0.5, 0.6) is 0 Å². The fourth-order valence-corrected chi connectivity index (χ4v) is 8.68. The first kappa shape index (κ1) is 82.8. The number of nitrogens with zero attached hydrogens (tertiary/aromatic N) is 1.